The van der Waals surface area contributed by atoms with E-state index >= 15 is 0 Å². The normalized spacial score (nSPS) is 13.3. The summed E-state index contributed by atoms with van der Waals surface area (Å²) in [6, 6.07) is 10.7. The van der Waals surface area contributed by atoms with Crippen LogP contribution in [0.5, 0.6) is 0 Å². The predicted octanol–water partition coefficient (Wildman–Crippen LogP) is 3.08. The molecule has 4 rings (SSSR count). The number of aryl methyl sites for hydroxylation is 1. The number of benzene rings is 2. The van der Waals surface area contributed by atoms with Crippen molar-refractivity contribution in [3.8, 4) is 0 Å². The van der Waals surface area contributed by atoms with Crippen molar-refractivity contribution < 1.29 is 18.0 Å². The Kier molecular flexibility index (Phi) is 5.03. The largest absolute Gasteiger partial charge is 0.326 e. The van der Waals surface area contributed by atoms with Gasteiger partial charge in [0.25, 0.3) is 15.9 Å². The third-order valence-corrected chi connectivity index (χ3v) is 6.40. The number of carbonyl (C=O) groups is 2. The summed E-state index contributed by atoms with van der Waals surface area (Å²) in [5.74, 6) is -0.406. The molecule has 148 valence electrons. The van der Waals surface area contributed by atoms with Crippen LogP contribution in [-0.2, 0) is 21.2 Å². The monoisotopic (exact) mass is 428 g/mol. The molecule has 0 aliphatic carbocycles. The Morgan fingerprint density at radius 1 is 1.10 bits per heavy atom. The first kappa shape index (κ1) is 19.1. The Balaban J connectivity index is 1.48. The molecule has 1 aliphatic heterocycles. The van der Waals surface area contributed by atoms with E-state index in [9.17, 15) is 18.0 Å². The Bertz CT molecular complexity index is 1170. The Morgan fingerprint density at radius 3 is 2.62 bits per heavy atom. The zero-order chi connectivity index (χ0) is 20.4. The van der Waals surface area contributed by atoms with Gasteiger partial charge in [0, 0.05) is 34.9 Å². The van der Waals surface area contributed by atoms with Crippen molar-refractivity contribution in [2.75, 3.05) is 15.4 Å². The highest BCUT2D eigenvalue weighted by Crippen LogP contribution is 2.26. The second-order valence-corrected chi connectivity index (χ2v) is 8.92. The second kappa shape index (κ2) is 7.64. The SMILES string of the molecule is O=C1CCc2cc(S(=O)(=O)Nc3ccc(C(=O)Nc4nccs4)cc3)ccc2N1. The number of fused-ring (bicyclic) bond motifs is 1. The topological polar surface area (TPSA) is 117 Å². The van der Waals surface area contributed by atoms with Crippen LogP contribution >= 0.6 is 11.3 Å². The smallest absolute Gasteiger partial charge is 0.261 e. The molecule has 0 saturated heterocycles. The van der Waals surface area contributed by atoms with Gasteiger partial charge >= 0.3 is 0 Å². The number of aromatic nitrogens is 1. The van der Waals surface area contributed by atoms with Crippen LogP contribution < -0.4 is 15.4 Å². The quantitative estimate of drug-likeness (QED) is 0.577. The van der Waals surface area contributed by atoms with E-state index in [0.29, 0.717) is 34.9 Å². The summed E-state index contributed by atoms with van der Waals surface area (Å²) < 4.78 is 27.9. The number of amides is 2. The standard InChI is InChI=1S/C19H16N4O4S2/c24-17-8-3-13-11-15(6-7-16(13)21-17)29(26,27)23-14-4-1-12(2-5-14)18(25)22-19-20-9-10-28-19/h1-2,4-7,9-11,23H,3,8H2,(H,21,24)(H,20,22,25). The molecule has 0 spiro atoms. The van der Waals surface area contributed by atoms with Crippen LogP contribution in [0.25, 0.3) is 0 Å². The molecule has 0 fully saturated rings. The summed E-state index contributed by atoms with van der Waals surface area (Å²) in [5, 5.41) is 7.63. The van der Waals surface area contributed by atoms with Gasteiger partial charge in [-0.05, 0) is 54.4 Å². The molecule has 0 atom stereocenters. The van der Waals surface area contributed by atoms with Crippen molar-refractivity contribution in [3.63, 3.8) is 0 Å². The fourth-order valence-electron chi connectivity index (χ4n) is 2.89. The number of thiazole rings is 1. The number of rotatable bonds is 5. The van der Waals surface area contributed by atoms with Crippen LogP contribution in [0, 0.1) is 0 Å². The molecule has 0 bridgehead atoms. The number of nitrogens with one attached hydrogen (secondary N) is 3. The Morgan fingerprint density at radius 2 is 1.90 bits per heavy atom. The lowest BCUT2D eigenvalue weighted by molar-refractivity contribution is -0.116. The molecule has 10 heteroatoms. The van der Waals surface area contributed by atoms with E-state index in [-0.39, 0.29) is 16.7 Å². The second-order valence-electron chi connectivity index (χ2n) is 6.34. The van der Waals surface area contributed by atoms with Crippen molar-refractivity contribution in [3.05, 3.63) is 65.2 Å². The lowest BCUT2D eigenvalue weighted by atomic mass is 10.0. The average Bonchev–Trinajstić information content (AvgIpc) is 3.20. The van der Waals surface area contributed by atoms with Gasteiger partial charge in [-0.15, -0.1) is 11.3 Å². The summed E-state index contributed by atoms with van der Waals surface area (Å²) in [6.45, 7) is 0. The summed E-state index contributed by atoms with van der Waals surface area (Å²) in [5.41, 5.74) is 2.13. The van der Waals surface area contributed by atoms with E-state index in [0.717, 1.165) is 5.56 Å². The summed E-state index contributed by atoms with van der Waals surface area (Å²) in [4.78, 5) is 27.7. The number of anilines is 3. The molecule has 2 heterocycles. The highest BCUT2D eigenvalue weighted by molar-refractivity contribution is 7.92. The maximum Gasteiger partial charge on any atom is 0.261 e. The first-order chi connectivity index (χ1) is 13.9. The maximum absolute atomic E-state index is 12.7. The highest BCUT2D eigenvalue weighted by atomic mass is 32.2. The van der Waals surface area contributed by atoms with Crippen LogP contribution in [0.4, 0.5) is 16.5 Å². The van der Waals surface area contributed by atoms with E-state index in [1.165, 1.54) is 41.7 Å². The number of hydrogen-bond acceptors (Lipinski definition) is 6. The minimum Gasteiger partial charge on any atom is -0.326 e. The van der Waals surface area contributed by atoms with Gasteiger partial charge in [0.1, 0.15) is 0 Å². The van der Waals surface area contributed by atoms with E-state index in [1.54, 1.807) is 23.7 Å². The number of nitrogens with zero attached hydrogens (tertiary/aromatic N) is 1. The predicted molar refractivity (Wildman–Crippen MR) is 111 cm³/mol. The molecule has 1 aromatic heterocycles. The zero-order valence-electron chi connectivity index (χ0n) is 15.0. The van der Waals surface area contributed by atoms with Gasteiger partial charge in [0.05, 0.1) is 4.90 Å². The zero-order valence-corrected chi connectivity index (χ0v) is 16.6. The molecular weight excluding hydrogens is 412 g/mol. The molecule has 29 heavy (non-hydrogen) atoms. The van der Waals surface area contributed by atoms with Crippen molar-refractivity contribution in [1.82, 2.24) is 4.98 Å². The third-order valence-electron chi connectivity index (χ3n) is 4.33. The molecule has 3 aromatic rings. The summed E-state index contributed by atoms with van der Waals surface area (Å²) >= 11 is 1.31. The Hall–Kier alpha value is -3.24. The van der Waals surface area contributed by atoms with Gasteiger partial charge in [-0.3, -0.25) is 19.6 Å². The van der Waals surface area contributed by atoms with Crippen LogP contribution in [0.15, 0.2) is 58.9 Å². The van der Waals surface area contributed by atoms with E-state index < -0.39 is 10.0 Å². The maximum atomic E-state index is 12.7. The molecule has 2 aromatic carbocycles. The van der Waals surface area contributed by atoms with Crippen LogP contribution in [-0.4, -0.2) is 25.2 Å². The molecular formula is C19H16N4O4S2. The van der Waals surface area contributed by atoms with Crippen molar-refractivity contribution >= 4 is 49.7 Å². The molecule has 0 unspecified atom stereocenters. The van der Waals surface area contributed by atoms with Crippen molar-refractivity contribution in [2.45, 2.75) is 17.7 Å². The van der Waals surface area contributed by atoms with Crippen molar-refractivity contribution in [2.24, 2.45) is 0 Å². The van der Waals surface area contributed by atoms with Crippen LogP contribution in [0.1, 0.15) is 22.3 Å². The molecule has 2 amide bonds. The molecule has 0 saturated carbocycles. The lowest BCUT2D eigenvalue weighted by Gasteiger charge is -2.18. The van der Waals surface area contributed by atoms with Gasteiger partial charge in [0.2, 0.25) is 5.91 Å². The van der Waals surface area contributed by atoms with Gasteiger partial charge in [-0.2, -0.15) is 0 Å². The number of carbonyl (C=O) groups excluding carboxylic acids is 2. The molecule has 3 N–H and O–H groups in total. The highest BCUT2D eigenvalue weighted by Gasteiger charge is 2.20. The first-order valence-corrected chi connectivity index (χ1v) is 11.0. The molecule has 1 aliphatic rings. The fraction of sp³-hybridized carbons (Fsp3) is 0.105. The van der Waals surface area contributed by atoms with E-state index in [1.807, 2.05) is 0 Å². The van der Waals surface area contributed by atoms with Gasteiger partial charge in [-0.25, -0.2) is 13.4 Å². The van der Waals surface area contributed by atoms with Gasteiger partial charge < -0.3 is 5.32 Å². The van der Waals surface area contributed by atoms with Crippen LogP contribution in [0.2, 0.25) is 0 Å². The average molecular weight is 428 g/mol. The van der Waals surface area contributed by atoms with E-state index in [4.69, 9.17) is 0 Å². The van der Waals surface area contributed by atoms with Crippen LogP contribution in [0.3, 0.4) is 0 Å². The van der Waals surface area contributed by atoms with Gasteiger partial charge in [0.15, 0.2) is 5.13 Å². The molecule has 8 nitrogen and oxygen atoms in total. The Labute approximate surface area is 171 Å². The summed E-state index contributed by atoms with van der Waals surface area (Å²) in [7, 11) is -3.81. The summed E-state index contributed by atoms with van der Waals surface area (Å²) in [6.07, 6.45) is 2.41. The van der Waals surface area contributed by atoms with Gasteiger partial charge in [-0.1, -0.05) is 0 Å². The third kappa shape index (κ3) is 4.28. The van der Waals surface area contributed by atoms with E-state index in [2.05, 4.69) is 20.3 Å². The number of hydrogen-bond donors (Lipinski definition) is 3. The fourth-order valence-corrected chi connectivity index (χ4v) is 4.52. The minimum absolute atomic E-state index is 0.0785. The van der Waals surface area contributed by atoms with Crippen molar-refractivity contribution in [1.29, 1.82) is 0 Å². The number of sulfonamides is 1. The minimum atomic E-state index is -3.81. The lowest BCUT2D eigenvalue weighted by Crippen LogP contribution is -2.20. The first-order valence-electron chi connectivity index (χ1n) is 8.67. The molecule has 0 radical (unpaired) electrons.